The van der Waals surface area contributed by atoms with Crippen molar-refractivity contribution < 1.29 is 14.2 Å². The highest BCUT2D eigenvalue weighted by Gasteiger charge is 2.38. The molecule has 0 fully saturated rings. The van der Waals surface area contributed by atoms with Crippen molar-refractivity contribution in [1.82, 2.24) is 4.90 Å². The van der Waals surface area contributed by atoms with Crippen LogP contribution in [0, 0.1) is 0 Å². The van der Waals surface area contributed by atoms with Crippen LogP contribution in [0.15, 0.2) is 30.3 Å². The Bertz CT molecular complexity index is 787. The Hall–Kier alpha value is -2.20. The van der Waals surface area contributed by atoms with Crippen LogP contribution in [0.5, 0.6) is 17.2 Å². The Balaban J connectivity index is 1.92. The summed E-state index contributed by atoms with van der Waals surface area (Å²) in [6, 6.07) is 11.2. The summed E-state index contributed by atoms with van der Waals surface area (Å²) in [6.45, 7) is 1.02. The number of likely N-dealkylation sites (N-methyl/N-ethyl adjacent to an activating group) is 1. The van der Waals surface area contributed by atoms with Gasteiger partial charge < -0.3 is 14.2 Å². The third-order valence-corrected chi connectivity index (χ3v) is 5.47. The van der Waals surface area contributed by atoms with Gasteiger partial charge in [0.05, 0.1) is 21.3 Å². The topological polar surface area (TPSA) is 30.9 Å². The number of methoxy groups -OCH3 is 3. The zero-order valence-corrected chi connectivity index (χ0v) is 14.6. The lowest BCUT2D eigenvalue weighted by Gasteiger charge is -2.36. The van der Waals surface area contributed by atoms with E-state index in [-0.39, 0.29) is 0 Å². The molecule has 0 saturated heterocycles. The Morgan fingerprint density at radius 2 is 1.58 bits per heavy atom. The molecule has 126 valence electrons. The lowest BCUT2D eigenvalue weighted by Crippen LogP contribution is -2.33. The zero-order chi connectivity index (χ0) is 16.8. The van der Waals surface area contributed by atoms with E-state index >= 15 is 0 Å². The second kappa shape index (κ2) is 5.71. The molecule has 1 aliphatic carbocycles. The average molecular weight is 325 g/mol. The smallest absolute Gasteiger partial charge is 0.161 e. The Kier molecular flexibility index (Phi) is 3.65. The van der Waals surface area contributed by atoms with Crippen LogP contribution in [0.25, 0.3) is 0 Å². The van der Waals surface area contributed by atoms with Crippen molar-refractivity contribution in [2.45, 2.75) is 18.4 Å². The highest BCUT2D eigenvalue weighted by molar-refractivity contribution is 5.56. The van der Waals surface area contributed by atoms with Gasteiger partial charge in [-0.1, -0.05) is 6.07 Å². The van der Waals surface area contributed by atoms with Gasteiger partial charge in [-0.05, 0) is 60.0 Å². The van der Waals surface area contributed by atoms with Crippen LogP contribution in [-0.2, 0) is 6.42 Å². The maximum absolute atomic E-state index is 5.54. The molecule has 24 heavy (non-hydrogen) atoms. The standard InChI is InChI=1S/C20H23NO3/c1-21-11-17-14-6-5-13(22-2)7-12(14)8-18(21)16-10-20(24-4)19(23-3)9-15(16)17/h5-7,9-10,17-18H,8,11H2,1-4H3/t17-,18+/m1/s1. The molecule has 2 aliphatic heterocycles. The highest BCUT2D eigenvalue weighted by Crippen LogP contribution is 2.49. The van der Waals surface area contributed by atoms with Crippen LogP contribution in [0.2, 0.25) is 0 Å². The second-order valence-electron chi connectivity index (χ2n) is 6.61. The van der Waals surface area contributed by atoms with Crippen molar-refractivity contribution in [2.24, 2.45) is 0 Å². The minimum atomic E-state index is 0.351. The number of hydrogen-bond acceptors (Lipinski definition) is 4. The van der Waals surface area contributed by atoms with Crippen molar-refractivity contribution in [1.29, 1.82) is 0 Å². The van der Waals surface area contributed by atoms with E-state index in [1.165, 1.54) is 22.3 Å². The predicted molar refractivity (Wildman–Crippen MR) is 93.5 cm³/mol. The molecule has 2 aromatic carbocycles. The van der Waals surface area contributed by atoms with Crippen molar-refractivity contribution in [2.75, 3.05) is 34.9 Å². The molecular formula is C20H23NO3. The maximum Gasteiger partial charge on any atom is 0.161 e. The van der Waals surface area contributed by atoms with Gasteiger partial charge in [0.2, 0.25) is 0 Å². The molecule has 2 atom stereocenters. The third kappa shape index (κ3) is 2.17. The second-order valence-corrected chi connectivity index (χ2v) is 6.61. The Labute approximate surface area is 142 Å². The molecule has 4 heteroatoms. The van der Waals surface area contributed by atoms with Crippen molar-refractivity contribution in [3.05, 3.63) is 52.6 Å². The molecule has 0 amide bonds. The van der Waals surface area contributed by atoms with Crippen molar-refractivity contribution in [3.63, 3.8) is 0 Å². The number of rotatable bonds is 3. The number of fused-ring (bicyclic) bond motifs is 1. The molecule has 0 saturated carbocycles. The summed E-state index contributed by atoms with van der Waals surface area (Å²) in [6.07, 6.45) is 0.988. The van der Waals surface area contributed by atoms with E-state index in [1.807, 2.05) is 0 Å². The fraction of sp³-hybridized carbons (Fsp3) is 0.400. The first kappa shape index (κ1) is 15.3. The molecule has 0 N–H and O–H groups in total. The van der Waals surface area contributed by atoms with Crippen molar-refractivity contribution in [3.8, 4) is 17.2 Å². The van der Waals surface area contributed by atoms with Gasteiger partial charge >= 0.3 is 0 Å². The van der Waals surface area contributed by atoms with Gasteiger partial charge in [-0.2, -0.15) is 0 Å². The molecule has 4 nitrogen and oxygen atoms in total. The van der Waals surface area contributed by atoms with Crippen LogP contribution in [0.3, 0.4) is 0 Å². The molecule has 2 aromatic rings. The fourth-order valence-electron chi connectivity index (χ4n) is 4.22. The lowest BCUT2D eigenvalue weighted by atomic mass is 9.84. The molecule has 0 radical (unpaired) electrons. The molecule has 3 aliphatic rings. The first-order chi connectivity index (χ1) is 11.7. The minimum absolute atomic E-state index is 0.351. The third-order valence-electron chi connectivity index (χ3n) is 5.47. The van der Waals surface area contributed by atoms with E-state index in [4.69, 9.17) is 14.2 Å². The average Bonchev–Trinajstić information content (AvgIpc) is 2.84. The SMILES string of the molecule is COc1ccc2c(c1)C[C@H]1c3cc(OC)c(OC)cc3[C@@H]2CN1C. The normalized spacial score (nSPS) is 21.7. The van der Waals surface area contributed by atoms with Crippen LogP contribution in [0.4, 0.5) is 0 Å². The number of nitrogens with zero attached hydrogens (tertiary/aromatic N) is 1. The molecule has 2 heterocycles. The summed E-state index contributed by atoms with van der Waals surface area (Å²) in [5.74, 6) is 2.89. The first-order valence-corrected chi connectivity index (χ1v) is 8.29. The van der Waals surface area contributed by atoms with Crippen LogP contribution in [0.1, 0.15) is 34.2 Å². The number of ether oxygens (including phenoxy) is 3. The zero-order valence-electron chi connectivity index (χ0n) is 14.6. The summed E-state index contributed by atoms with van der Waals surface area (Å²) >= 11 is 0. The van der Waals surface area contributed by atoms with Crippen LogP contribution >= 0.6 is 0 Å². The maximum atomic E-state index is 5.54. The summed E-state index contributed by atoms with van der Waals surface area (Å²) in [7, 11) is 7.33. The summed E-state index contributed by atoms with van der Waals surface area (Å²) < 4.78 is 16.5. The van der Waals surface area contributed by atoms with E-state index in [9.17, 15) is 0 Å². The molecule has 0 spiro atoms. The van der Waals surface area contributed by atoms with Gasteiger partial charge in [0.15, 0.2) is 11.5 Å². The monoisotopic (exact) mass is 325 g/mol. The summed E-state index contributed by atoms with van der Waals surface area (Å²) in [5.41, 5.74) is 5.49. The van der Waals surface area contributed by atoms with Gasteiger partial charge in [-0.15, -0.1) is 0 Å². The molecule has 5 rings (SSSR count). The van der Waals surface area contributed by atoms with E-state index < -0.39 is 0 Å². The number of hydrogen-bond donors (Lipinski definition) is 0. The molecule has 0 aromatic heterocycles. The van der Waals surface area contributed by atoms with Gasteiger partial charge in [-0.25, -0.2) is 0 Å². The van der Waals surface area contributed by atoms with Crippen LogP contribution in [-0.4, -0.2) is 39.8 Å². The molecule has 0 unspecified atom stereocenters. The van der Waals surface area contributed by atoms with E-state index in [1.54, 1.807) is 21.3 Å². The highest BCUT2D eigenvalue weighted by atomic mass is 16.5. The van der Waals surface area contributed by atoms with Gasteiger partial charge in [0.25, 0.3) is 0 Å². The Morgan fingerprint density at radius 1 is 0.875 bits per heavy atom. The largest absolute Gasteiger partial charge is 0.497 e. The Morgan fingerprint density at radius 3 is 2.25 bits per heavy atom. The van der Waals surface area contributed by atoms with E-state index in [0.717, 1.165) is 30.2 Å². The lowest BCUT2D eigenvalue weighted by molar-refractivity contribution is 0.225. The quantitative estimate of drug-likeness (QED) is 0.865. The van der Waals surface area contributed by atoms with Gasteiger partial charge in [0.1, 0.15) is 5.75 Å². The predicted octanol–water partition coefficient (Wildman–Crippen LogP) is 3.39. The van der Waals surface area contributed by atoms with E-state index in [2.05, 4.69) is 42.3 Å². The molecule has 2 bridgehead atoms. The van der Waals surface area contributed by atoms with Crippen LogP contribution < -0.4 is 14.2 Å². The van der Waals surface area contributed by atoms with Gasteiger partial charge in [0, 0.05) is 18.5 Å². The summed E-state index contributed by atoms with van der Waals surface area (Å²) in [5, 5.41) is 0. The van der Waals surface area contributed by atoms with Crippen molar-refractivity contribution >= 4 is 0 Å². The fourth-order valence-corrected chi connectivity index (χ4v) is 4.22. The molecular weight excluding hydrogens is 302 g/mol. The summed E-state index contributed by atoms with van der Waals surface area (Å²) in [4.78, 5) is 2.45. The van der Waals surface area contributed by atoms with E-state index in [0.29, 0.717) is 12.0 Å². The first-order valence-electron chi connectivity index (χ1n) is 8.29. The minimum Gasteiger partial charge on any atom is -0.497 e. The number of benzene rings is 2. The van der Waals surface area contributed by atoms with Gasteiger partial charge in [-0.3, -0.25) is 4.90 Å².